The predicted octanol–water partition coefficient (Wildman–Crippen LogP) is 7.97. The number of halogens is 2. The first kappa shape index (κ1) is 23.7. The Bertz CT molecular complexity index is 1000. The van der Waals surface area contributed by atoms with Crippen LogP contribution >= 0.6 is 0 Å². The maximum Gasteiger partial charge on any atom is 0.201 e. The van der Waals surface area contributed by atoms with Gasteiger partial charge in [-0.3, -0.25) is 4.79 Å². The molecule has 1 atom stereocenters. The molecule has 4 heteroatoms. The summed E-state index contributed by atoms with van der Waals surface area (Å²) in [6.45, 7) is 2.26. The zero-order valence-corrected chi connectivity index (χ0v) is 19.7. The number of hydrogen-bond donors (Lipinski definition) is 0. The molecule has 0 saturated heterocycles. The van der Waals surface area contributed by atoms with Gasteiger partial charge >= 0.3 is 0 Å². The van der Waals surface area contributed by atoms with Crippen LogP contribution in [0.4, 0.5) is 8.78 Å². The van der Waals surface area contributed by atoms with E-state index in [1.165, 1.54) is 75.8 Å². The first-order chi connectivity index (χ1) is 16.0. The van der Waals surface area contributed by atoms with Gasteiger partial charge in [-0.2, -0.15) is 4.39 Å². The highest BCUT2D eigenvalue weighted by molar-refractivity contribution is 6.02. The first-order valence-electron chi connectivity index (χ1n) is 12.4. The van der Waals surface area contributed by atoms with Gasteiger partial charge in [0.2, 0.25) is 5.82 Å². The Morgan fingerprint density at radius 1 is 0.909 bits per heavy atom. The minimum atomic E-state index is -1.01. The Hall–Kier alpha value is -2.49. The van der Waals surface area contributed by atoms with Crippen molar-refractivity contribution in [3.8, 4) is 5.75 Å². The van der Waals surface area contributed by atoms with E-state index in [0.29, 0.717) is 24.3 Å². The second kappa shape index (κ2) is 10.6. The molecule has 2 aromatic rings. The van der Waals surface area contributed by atoms with Crippen LogP contribution in [-0.2, 0) is 4.79 Å². The van der Waals surface area contributed by atoms with Crippen LogP contribution in [0.15, 0.2) is 42.5 Å². The van der Waals surface area contributed by atoms with E-state index in [1.54, 1.807) is 0 Å². The molecule has 0 heterocycles. The molecule has 1 unspecified atom stereocenters. The summed E-state index contributed by atoms with van der Waals surface area (Å²) in [5, 5.41) is 0. The fourth-order valence-electron chi connectivity index (χ4n) is 5.55. The van der Waals surface area contributed by atoms with Crippen molar-refractivity contribution < 1.29 is 18.3 Å². The summed E-state index contributed by atoms with van der Waals surface area (Å²) in [5.41, 5.74) is 3.08. The van der Waals surface area contributed by atoms with Gasteiger partial charge < -0.3 is 4.74 Å². The summed E-state index contributed by atoms with van der Waals surface area (Å²) in [6.07, 6.45) is 11.8. The van der Waals surface area contributed by atoms with Crippen molar-refractivity contribution in [3.63, 3.8) is 0 Å². The average molecular weight is 453 g/mol. The van der Waals surface area contributed by atoms with Crippen molar-refractivity contribution in [2.45, 2.75) is 76.5 Å². The van der Waals surface area contributed by atoms with Gasteiger partial charge in [0.25, 0.3) is 0 Å². The zero-order valence-electron chi connectivity index (χ0n) is 19.7. The van der Waals surface area contributed by atoms with Crippen LogP contribution in [0.5, 0.6) is 5.75 Å². The molecule has 0 bridgehead atoms. The molecule has 2 aromatic carbocycles. The van der Waals surface area contributed by atoms with Crippen molar-refractivity contribution in [3.05, 3.63) is 70.8 Å². The Morgan fingerprint density at radius 3 is 2.24 bits per heavy atom. The van der Waals surface area contributed by atoms with E-state index in [9.17, 15) is 13.6 Å². The average Bonchev–Trinajstić information content (AvgIpc) is 2.85. The fraction of sp³-hybridized carbons (Fsp3) is 0.483. The molecule has 2 aliphatic carbocycles. The monoisotopic (exact) mass is 452 g/mol. The van der Waals surface area contributed by atoms with Gasteiger partial charge in [0.1, 0.15) is 0 Å². The second-order valence-electron chi connectivity index (χ2n) is 9.63. The quantitative estimate of drug-likeness (QED) is 0.426. The number of benzene rings is 2. The summed E-state index contributed by atoms with van der Waals surface area (Å²) < 4.78 is 33.4. The van der Waals surface area contributed by atoms with Crippen LogP contribution in [0.2, 0.25) is 0 Å². The molecule has 176 valence electrons. The lowest BCUT2D eigenvalue weighted by atomic mass is 9.76. The van der Waals surface area contributed by atoms with Crippen molar-refractivity contribution in [1.82, 2.24) is 0 Å². The van der Waals surface area contributed by atoms with E-state index >= 15 is 0 Å². The Morgan fingerprint density at radius 2 is 1.61 bits per heavy atom. The zero-order chi connectivity index (χ0) is 23.4. The van der Waals surface area contributed by atoms with Crippen molar-refractivity contribution >= 4 is 11.4 Å². The number of ether oxygens (including phenoxy) is 1. The largest absolute Gasteiger partial charge is 0.494 e. The second-order valence-corrected chi connectivity index (χ2v) is 9.63. The molecule has 2 nitrogen and oxygen atoms in total. The molecule has 0 aromatic heterocycles. The van der Waals surface area contributed by atoms with Gasteiger partial charge in [-0.25, -0.2) is 4.39 Å². The van der Waals surface area contributed by atoms with E-state index in [1.807, 2.05) is 0 Å². The number of ketones is 1. The fourth-order valence-corrected chi connectivity index (χ4v) is 5.55. The van der Waals surface area contributed by atoms with Crippen molar-refractivity contribution in [1.29, 1.82) is 0 Å². The lowest BCUT2D eigenvalue weighted by Gasteiger charge is -2.29. The number of allylic oxidation sites excluding steroid dienone is 2. The lowest BCUT2D eigenvalue weighted by molar-refractivity contribution is -0.116. The van der Waals surface area contributed by atoms with Gasteiger partial charge in [-0.1, -0.05) is 50.5 Å². The maximum atomic E-state index is 14.5. The molecule has 0 amide bonds. The minimum Gasteiger partial charge on any atom is -0.494 e. The summed E-state index contributed by atoms with van der Waals surface area (Å²) in [6, 6.07) is 11.5. The van der Waals surface area contributed by atoms with E-state index in [0.717, 1.165) is 11.5 Å². The molecule has 0 aliphatic heterocycles. The van der Waals surface area contributed by atoms with Crippen LogP contribution in [0, 0.1) is 17.6 Å². The van der Waals surface area contributed by atoms with Crippen molar-refractivity contribution in [2.75, 3.05) is 7.11 Å². The number of rotatable bonds is 7. The minimum absolute atomic E-state index is 0.0453. The van der Waals surface area contributed by atoms with Gasteiger partial charge in [0.15, 0.2) is 17.3 Å². The van der Waals surface area contributed by atoms with Crippen LogP contribution in [0.25, 0.3) is 5.57 Å². The highest BCUT2D eigenvalue weighted by Gasteiger charge is 2.27. The third-order valence-corrected chi connectivity index (χ3v) is 7.60. The number of hydrogen-bond acceptors (Lipinski definition) is 2. The molecule has 1 fully saturated rings. The van der Waals surface area contributed by atoms with Gasteiger partial charge in [-0.15, -0.1) is 0 Å². The third kappa shape index (κ3) is 5.20. The highest BCUT2D eigenvalue weighted by Crippen LogP contribution is 2.40. The third-order valence-electron chi connectivity index (χ3n) is 7.60. The summed E-state index contributed by atoms with van der Waals surface area (Å²) in [4.78, 5) is 12.9. The van der Waals surface area contributed by atoms with Crippen LogP contribution < -0.4 is 4.74 Å². The SMILES string of the molecule is CCCCC1CCC(c2ccc(C3CCC(c4ccc(OC)c(F)c4F)=CC3=O)cc2)CC1. The maximum absolute atomic E-state index is 14.5. The molecule has 0 spiro atoms. The Balaban J connectivity index is 1.42. The first-order valence-corrected chi connectivity index (χ1v) is 12.4. The molecule has 0 radical (unpaired) electrons. The standard InChI is InChI=1S/C29H34F2O2/c1-3-4-5-19-6-8-20(9-7-19)21-10-12-22(13-11-21)24-15-14-23(18-26(24)32)25-16-17-27(33-2)29(31)28(25)30/h10-13,16-20,24H,3-9,14-15H2,1-2H3. The molecular formula is C29H34F2O2. The molecule has 1 saturated carbocycles. The van der Waals surface area contributed by atoms with Gasteiger partial charge in [0.05, 0.1) is 7.11 Å². The molecule has 4 rings (SSSR count). The number of unbranched alkanes of at least 4 members (excludes halogenated alkanes) is 1. The summed E-state index contributed by atoms with van der Waals surface area (Å²) >= 11 is 0. The van der Waals surface area contributed by atoms with E-state index < -0.39 is 11.6 Å². The van der Waals surface area contributed by atoms with E-state index in [2.05, 4.69) is 31.2 Å². The molecular weight excluding hydrogens is 418 g/mol. The lowest BCUT2D eigenvalue weighted by Crippen LogP contribution is -2.16. The van der Waals surface area contributed by atoms with Gasteiger partial charge in [0, 0.05) is 11.5 Å². The highest BCUT2D eigenvalue weighted by atomic mass is 19.2. The van der Waals surface area contributed by atoms with Crippen LogP contribution in [-0.4, -0.2) is 12.9 Å². The topological polar surface area (TPSA) is 26.3 Å². The van der Waals surface area contributed by atoms with Crippen LogP contribution in [0.1, 0.15) is 93.2 Å². The number of carbonyl (C=O) groups excluding carboxylic acids is 1. The van der Waals surface area contributed by atoms with Crippen LogP contribution in [0.3, 0.4) is 0 Å². The normalized spacial score (nSPS) is 23.3. The Labute approximate surface area is 196 Å². The molecule has 33 heavy (non-hydrogen) atoms. The molecule has 0 N–H and O–H groups in total. The van der Waals surface area contributed by atoms with E-state index in [4.69, 9.17) is 4.74 Å². The van der Waals surface area contributed by atoms with E-state index in [-0.39, 0.29) is 23.0 Å². The summed E-state index contributed by atoms with van der Waals surface area (Å²) in [5.74, 6) is -0.856. The number of methoxy groups -OCH3 is 1. The number of carbonyl (C=O) groups is 1. The van der Waals surface area contributed by atoms with Crippen molar-refractivity contribution in [2.24, 2.45) is 5.92 Å². The van der Waals surface area contributed by atoms with Gasteiger partial charge in [-0.05, 0) is 85.3 Å². The summed E-state index contributed by atoms with van der Waals surface area (Å²) in [7, 11) is 1.30. The Kier molecular flexibility index (Phi) is 7.62. The molecule has 2 aliphatic rings. The smallest absolute Gasteiger partial charge is 0.201 e. The predicted molar refractivity (Wildman–Crippen MR) is 129 cm³/mol.